The third kappa shape index (κ3) is 2.00. The van der Waals surface area contributed by atoms with Crippen molar-refractivity contribution in [3.8, 4) is 11.3 Å². The summed E-state index contributed by atoms with van der Waals surface area (Å²) in [5.74, 6) is 0. The lowest BCUT2D eigenvalue weighted by atomic mass is 9.95. The molecule has 2 aromatic heterocycles. The Labute approximate surface area is 162 Å². The summed E-state index contributed by atoms with van der Waals surface area (Å²) in [5, 5.41) is 7.18. The summed E-state index contributed by atoms with van der Waals surface area (Å²) in [4.78, 5) is 4.59. The molecule has 0 bridgehead atoms. The van der Waals surface area contributed by atoms with E-state index in [0.29, 0.717) is 0 Å². The number of hydrogen-bond acceptors (Lipinski definition) is 2. The molecule has 0 aliphatic rings. The van der Waals surface area contributed by atoms with E-state index in [9.17, 15) is 0 Å². The molecule has 0 fully saturated rings. The van der Waals surface area contributed by atoms with Gasteiger partial charge in [-0.25, -0.2) is 0 Å². The van der Waals surface area contributed by atoms with Gasteiger partial charge in [-0.1, -0.05) is 66.7 Å². The number of aromatic nitrogens is 1. The predicted octanol–water partition coefficient (Wildman–Crippen LogP) is 7.26. The highest BCUT2D eigenvalue weighted by Crippen LogP contribution is 2.43. The zero-order valence-electron chi connectivity index (χ0n) is 15.4. The van der Waals surface area contributed by atoms with E-state index in [0.717, 1.165) is 33.2 Å². The second-order valence-corrected chi connectivity index (χ2v) is 7.25. The summed E-state index contributed by atoms with van der Waals surface area (Å²) < 4.78 is 6.60. The van der Waals surface area contributed by atoms with Gasteiger partial charge in [0.25, 0.3) is 0 Å². The van der Waals surface area contributed by atoms with Crippen LogP contribution in [0.25, 0.3) is 54.7 Å². The van der Waals surface area contributed by atoms with Gasteiger partial charge in [0.2, 0.25) is 0 Å². The van der Waals surface area contributed by atoms with Gasteiger partial charge < -0.3 is 4.42 Å². The minimum atomic E-state index is 0.912. The number of hydrogen-bond donors (Lipinski definition) is 0. The van der Waals surface area contributed by atoms with E-state index < -0.39 is 0 Å². The minimum absolute atomic E-state index is 0.912. The van der Waals surface area contributed by atoms with Crippen LogP contribution in [-0.4, -0.2) is 4.98 Å². The standard InChI is InChI=1S/C26H17NO/c1-16-13-14-21-24-19-10-4-2-8-17(19)18-9-3-5-11-20(18)25(24)28-26(21)23(16)22-12-6-7-15-27-22/h2-15H,1H3. The summed E-state index contributed by atoms with van der Waals surface area (Å²) in [6, 6.07) is 27.5. The molecule has 0 atom stereocenters. The molecule has 0 saturated carbocycles. The molecule has 0 unspecified atom stereocenters. The van der Waals surface area contributed by atoms with Crippen molar-refractivity contribution in [1.29, 1.82) is 0 Å². The van der Waals surface area contributed by atoms with Crippen molar-refractivity contribution in [3.05, 3.63) is 90.6 Å². The maximum atomic E-state index is 6.60. The summed E-state index contributed by atoms with van der Waals surface area (Å²) in [5.41, 5.74) is 5.04. The summed E-state index contributed by atoms with van der Waals surface area (Å²) in [6.07, 6.45) is 1.83. The maximum Gasteiger partial charge on any atom is 0.145 e. The Balaban J connectivity index is 1.91. The first-order chi connectivity index (χ1) is 13.8. The maximum absolute atomic E-state index is 6.60. The lowest BCUT2D eigenvalue weighted by Crippen LogP contribution is -1.87. The Morgan fingerprint density at radius 2 is 1.29 bits per heavy atom. The van der Waals surface area contributed by atoms with Crippen molar-refractivity contribution in [2.24, 2.45) is 0 Å². The zero-order valence-corrected chi connectivity index (χ0v) is 15.4. The minimum Gasteiger partial charge on any atom is -0.455 e. The molecule has 0 aliphatic heterocycles. The van der Waals surface area contributed by atoms with E-state index in [-0.39, 0.29) is 0 Å². The predicted molar refractivity (Wildman–Crippen MR) is 117 cm³/mol. The van der Waals surface area contributed by atoms with Gasteiger partial charge in [-0.3, -0.25) is 4.98 Å². The average Bonchev–Trinajstić information content (AvgIpc) is 3.14. The van der Waals surface area contributed by atoms with E-state index >= 15 is 0 Å². The van der Waals surface area contributed by atoms with E-state index in [4.69, 9.17) is 4.42 Å². The van der Waals surface area contributed by atoms with Gasteiger partial charge in [-0.15, -0.1) is 0 Å². The van der Waals surface area contributed by atoms with Gasteiger partial charge in [-0.2, -0.15) is 0 Å². The number of fused-ring (bicyclic) bond motifs is 8. The van der Waals surface area contributed by atoms with Crippen molar-refractivity contribution in [2.75, 3.05) is 0 Å². The molecule has 2 heteroatoms. The number of benzene rings is 4. The summed E-state index contributed by atoms with van der Waals surface area (Å²) in [7, 11) is 0. The SMILES string of the molecule is Cc1ccc2c(oc3c4ccccc4c4ccccc4c23)c1-c1ccccn1. The fourth-order valence-electron chi connectivity index (χ4n) is 4.40. The number of furan rings is 1. The largest absolute Gasteiger partial charge is 0.455 e. The molecule has 2 nitrogen and oxygen atoms in total. The Morgan fingerprint density at radius 3 is 2.04 bits per heavy atom. The average molecular weight is 359 g/mol. The van der Waals surface area contributed by atoms with Crippen LogP contribution in [0.5, 0.6) is 0 Å². The second-order valence-electron chi connectivity index (χ2n) is 7.25. The molecule has 6 aromatic rings. The Bertz CT molecular complexity index is 1510. The number of rotatable bonds is 1. The second kappa shape index (κ2) is 5.67. The molecule has 0 saturated heterocycles. The van der Waals surface area contributed by atoms with E-state index in [1.165, 1.54) is 27.1 Å². The molecule has 2 heterocycles. The zero-order chi connectivity index (χ0) is 18.7. The first kappa shape index (κ1) is 15.4. The van der Waals surface area contributed by atoms with Crippen molar-refractivity contribution < 1.29 is 4.42 Å². The van der Waals surface area contributed by atoms with Crippen LogP contribution in [0.2, 0.25) is 0 Å². The van der Waals surface area contributed by atoms with Crippen LogP contribution in [0.15, 0.2) is 89.5 Å². The van der Waals surface area contributed by atoms with Gasteiger partial charge in [0.1, 0.15) is 11.2 Å². The number of aryl methyl sites for hydroxylation is 1. The smallest absolute Gasteiger partial charge is 0.145 e. The molecule has 0 N–H and O–H groups in total. The van der Waals surface area contributed by atoms with Crippen LogP contribution in [0.4, 0.5) is 0 Å². The number of pyridine rings is 1. The fourth-order valence-corrected chi connectivity index (χ4v) is 4.40. The molecule has 0 aliphatic carbocycles. The molecule has 0 amide bonds. The highest BCUT2D eigenvalue weighted by atomic mass is 16.3. The van der Waals surface area contributed by atoms with Gasteiger partial charge >= 0.3 is 0 Å². The third-order valence-electron chi connectivity index (χ3n) is 5.65. The molecular formula is C26H17NO. The van der Waals surface area contributed by atoms with Crippen molar-refractivity contribution in [2.45, 2.75) is 6.92 Å². The van der Waals surface area contributed by atoms with Crippen LogP contribution in [-0.2, 0) is 0 Å². The first-order valence-electron chi connectivity index (χ1n) is 9.49. The Morgan fingerprint density at radius 1 is 0.607 bits per heavy atom. The quantitative estimate of drug-likeness (QED) is 0.289. The van der Waals surface area contributed by atoms with Crippen LogP contribution in [0, 0.1) is 6.92 Å². The molecule has 0 spiro atoms. The number of nitrogens with zero attached hydrogens (tertiary/aromatic N) is 1. The van der Waals surface area contributed by atoms with Gasteiger partial charge in [0.15, 0.2) is 0 Å². The van der Waals surface area contributed by atoms with Crippen LogP contribution >= 0.6 is 0 Å². The Hall–Kier alpha value is -3.65. The van der Waals surface area contributed by atoms with Crippen LogP contribution in [0.1, 0.15) is 5.56 Å². The fraction of sp³-hybridized carbons (Fsp3) is 0.0385. The van der Waals surface area contributed by atoms with Gasteiger partial charge in [0.05, 0.1) is 5.69 Å². The molecule has 28 heavy (non-hydrogen) atoms. The lowest BCUT2D eigenvalue weighted by Gasteiger charge is -2.06. The topological polar surface area (TPSA) is 26.0 Å². The molecule has 0 radical (unpaired) electrons. The first-order valence-corrected chi connectivity index (χ1v) is 9.49. The highest BCUT2D eigenvalue weighted by molar-refractivity contribution is 6.30. The van der Waals surface area contributed by atoms with Crippen LogP contribution in [0.3, 0.4) is 0 Å². The highest BCUT2D eigenvalue weighted by Gasteiger charge is 2.19. The monoisotopic (exact) mass is 359 g/mol. The molecule has 132 valence electrons. The van der Waals surface area contributed by atoms with Gasteiger partial charge in [0, 0.05) is 27.9 Å². The van der Waals surface area contributed by atoms with E-state index in [2.05, 4.69) is 72.6 Å². The lowest BCUT2D eigenvalue weighted by molar-refractivity contribution is 0.673. The molecular weight excluding hydrogens is 342 g/mol. The summed E-state index contributed by atoms with van der Waals surface area (Å²) >= 11 is 0. The van der Waals surface area contributed by atoms with E-state index in [1.807, 2.05) is 24.4 Å². The molecule has 4 aromatic carbocycles. The van der Waals surface area contributed by atoms with Crippen molar-refractivity contribution in [1.82, 2.24) is 4.98 Å². The Kier molecular flexibility index (Phi) is 3.12. The third-order valence-corrected chi connectivity index (χ3v) is 5.65. The van der Waals surface area contributed by atoms with Crippen LogP contribution < -0.4 is 0 Å². The van der Waals surface area contributed by atoms with E-state index in [1.54, 1.807) is 0 Å². The molecule has 6 rings (SSSR count). The van der Waals surface area contributed by atoms with Crippen molar-refractivity contribution in [3.63, 3.8) is 0 Å². The van der Waals surface area contributed by atoms with Crippen molar-refractivity contribution >= 4 is 43.5 Å². The normalized spacial score (nSPS) is 11.8. The van der Waals surface area contributed by atoms with Gasteiger partial charge in [-0.05, 0) is 40.8 Å². The summed E-state index contributed by atoms with van der Waals surface area (Å²) in [6.45, 7) is 2.12.